The maximum atomic E-state index is 6.25. The Hall–Kier alpha value is -0.750. The van der Waals surface area contributed by atoms with Gasteiger partial charge >= 0.3 is 0 Å². The molecule has 1 aromatic carbocycles. The smallest absolute Gasteiger partial charge is 0.0481 e. The van der Waals surface area contributed by atoms with Crippen LogP contribution >= 0.6 is 11.6 Å². The van der Waals surface area contributed by atoms with Gasteiger partial charge in [-0.2, -0.15) is 0 Å². The molecule has 1 aromatic rings. The zero-order valence-electron chi connectivity index (χ0n) is 9.39. The van der Waals surface area contributed by atoms with Crippen LogP contribution < -0.4 is 0 Å². The summed E-state index contributed by atoms with van der Waals surface area (Å²) in [5, 5.41) is 0.889. The second-order valence-corrected chi connectivity index (χ2v) is 4.91. The molecule has 0 amide bonds. The second-order valence-electron chi connectivity index (χ2n) is 4.51. The van der Waals surface area contributed by atoms with Crippen molar-refractivity contribution in [1.82, 2.24) is 0 Å². The van der Waals surface area contributed by atoms with Crippen LogP contribution in [0.2, 0.25) is 5.02 Å². The van der Waals surface area contributed by atoms with E-state index in [-0.39, 0.29) is 0 Å². The molecule has 1 aliphatic carbocycles. The lowest BCUT2D eigenvalue weighted by Crippen LogP contribution is -2.06. The number of benzene rings is 1. The summed E-state index contributed by atoms with van der Waals surface area (Å²) in [6, 6.07) is 8.19. The maximum absolute atomic E-state index is 6.25. The lowest BCUT2D eigenvalue weighted by atomic mass is 9.81. The average molecular weight is 221 g/mol. The third-order valence-electron chi connectivity index (χ3n) is 3.08. The van der Waals surface area contributed by atoms with E-state index >= 15 is 0 Å². The number of rotatable bonds is 2. The molecule has 2 rings (SSSR count). The molecule has 0 aliphatic heterocycles. The van der Waals surface area contributed by atoms with Crippen molar-refractivity contribution in [1.29, 1.82) is 0 Å². The summed E-state index contributed by atoms with van der Waals surface area (Å²) < 4.78 is 0. The molecule has 0 saturated heterocycles. The lowest BCUT2D eigenvalue weighted by molar-refractivity contribution is 0.651. The van der Waals surface area contributed by atoms with Crippen molar-refractivity contribution in [2.75, 3.05) is 0 Å². The predicted octanol–water partition coefficient (Wildman–Crippen LogP) is 4.93. The first-order chi connectivity index (χ1) is 7.20. The highest BCUT2D eigenvalue weighted by Gasteiger charge is 2.19. The van der Waals surface area contributed by atoms with Crippen LogP contribution in [-0.4, -0.2) is 0 Å². The first-order valence-corrected chi connectivity index (χ1v) is 6.04. The fourth-order valence-corrected chi connectivity index (χ4v) is 2.45. The van der Waals surface area contributed by atoms with Gasteiger partial charge in [-0.15, -0.1) is 0 Å². The normalized spacial score (nSPS) is 15.3. The highest BCUT2D eigenvalue weighted by Crippen LogP contribution is 2.39. The van der Waals surface area contributed by atoms with Crippen molar-refractivity contribution >= 4 is 17.2 Å². The van der Waals surface area contributed by atoms with Crippen LogP contribution in [0.4, 0.5) is 0 Å². The predicted molar refractivity (Wildman–Crippen MR) is 67.1 cm³/mol. The van der Waals surface area contributed by atoms with Gasteiger partial charge in [0.2, 0.25) is 0 Å². The summed E-state index contributed by atoms with van der Waals surface area (Å²) in [6.07, 6.45) is 3.87. The molecule has 0 N–H and O–H groups in total. The molecule has 1 saturated carbocycles. The standard InChI is InChI=1S/C14H17Cl/c1-10(2)14(11-6-5-7-11)12-8-3-4-9-13(12)15/h3-4,8-10H,5-7H2,1-2H3. The van der Waals surface area contributed by atoms with Crippen molar-refractivity contribution in [2.24, 2.45) is 5.92 Å². The first-order valence-electron chi connectivity index (χ1n) is 5.67. The number of hydrogen-bond donors (Lipinski definition) is 0. The van der Waals surface area contributed by atoms with Crippen LogP contribution in [-0.2, 0) is 0 Å². The van der Waals surface area contributed by atoms with Gasteiger partial charge in [-0.05, 0) is 42.4 Å². The van der Waals surface area contributed by atoms with E-state index in [4.69, 9.17) is 11.6 Å². The Morgan fingerprint density at radius 3 is 2.33 bits per heavy atom. The van der Waals surface area contributed by atoms with Gasteiger partial charge in [-0.3, -0.25) is 0 Å². The van der Waals surface area contributed by atoms with E-state index in [1.807, 2.05) is 12.1 Å². The molecule has 1 aliphatic rings. The number of allylic oxidation sites excluding steroid dienone is 2. The third kappa shape index (κ3) is 2.10. The molecule has 0 radical (unpaired) electrons. The summed E-state index contributed by atoms with van der Waals surface area (Å²) in [7, 11) is 0. The van der Waals surface area contributed by atoms with Crippen LogP contribution in [0.15, 0.2) is 29.8 Å². The van der Waals surface area contributed by atoms with Crippen LogP contribution in [0.1, 0.15) is 38.7 Å². The molecule has 0 spiro atoms. The topological polar surface area (TPSA) is 0 Å². The fourth-order valence-electron chi connectivity index (χ4n) is 2.21. The van der Waals surface area contributed by atoms with Crippen molar-refractivity contribution in [3.63, 3.8) is 0 Å². The molecule has 0 heterocycles. The quantitative estimate of drug-likeness (QED) is 0.663. The van der Waals surface area contributed by atoms with E-state index in [1.54, 1.807) is 5.57 Å². The zero-order valence-corrected chi connectivity index (χ0v) is 10.1. The Balaban J connectivity index is 2.46. The van der Waals surface area contributed by atoms with Crippen LogP contribution in [0, 0.1) is 5.92 Å². The summed E-state index contributed by atoms with van der Waals surface area (Å²) in [5.74, 6) is 0.570. The van der Waals surface area contributed by atoms with Gasteiger partial charge in [0.1, 0.15) is 0 Å². The monoisotopic (exact) mass is 220 g/mol. The van der Waals surface area contributed by atoms with Crippen molar-refractivity contribution in [2.45, 2.75) is 33.1 Å². The van der Waals surface area contributed by atoms with Gasteiger partial charge in [0, 0.05) is 5.02 Å². The lowest BCUT2D eigenvalue weighted by Gasteiger charge is -2.25. The van der Waals surface area contributed by atoms with Crippen molar-refractivity contribution in [3.05, 3.63) is 40.4 Å². The molecule has 0 aromatic heterocycles. The summed E-state index contributed by atoms with van der Waals surface area (Å²) >= 11 is 6.25. The highest BCUT2D eigenvalue weighted by molar-refractivity contribution is 6.32. The van der Waals surface area contributed by atoms with E-state index in [9.17, 15) is 0 Å². The Labute approximate surface area is 97.0 Å². The zero-order chi connectivity index (χ0) is 10.8. The van der Waals surface area contributed by atoms with Gasteiger partial charge in [0.15, 0.2) is 0 Å². The van der Waals surface area contributed by atoms with Crippen LogP contribution in [0.3, 0.4) is 0 Å². The largest absolute Gasteiger partial charge is 0.0837 e. The van der Waals surface area contributed by atoms with E-state index in [0.717, 1.165) is 5.02 Å². The van der Waals surface area contributed by atoms with Crippen LogP contribution in [0.25, 0.3) is 5.57 Å². The Bertz CT molecular complexity index is 382. The average Bonchev–Trinajstić information content (AvgIpc) is 2.12. The van der Waals surface area contributed by atoms with Crippen molar-refractivity contribution in [3.8, 4) is 0 Å². The van der Waals surface area contributed by atoms with E-state index in [2.05, 4.69) is 26.0 Å². The van der Waals surface area contributed by atoms with Gasteiger partial charge in [-0.25, -0.2) is 0 Å². The van der Waals surface area contributed by atoms with Gasteiger partial charge in [-0.1, -0.05) is 49.2 Å². The van der Waals surface area contributed by atoms with E-state index < -0.39 is 0 Å². The third-order valence-corrected chi connectivity index (χ3v) is 3.41. The van der Waals surface area contributed by atoms with Gasteiger partial charge in [0.25, 0.3) is 0 Å². The maximum Gasteiger partial charge on any atom is 0.0481 e. The summed E-state index contributed by atoms with van der Waals surface area (Å²) in [6.45, 7) is 4.51. The summed E-state index contributed by atoms with van der Waals surface area (Å²) in [5.41, 5.74) is 4.33. The minimum absolute atomic E-state index is 0.570. The molecular formula is C14H17Cl. The Morgan fingerprint density at radius 2 is 1.87 bits per heavy atom. The Kier molecular flexibility index (Phi) is 3.16. The minimum Gasteiger partial charge on any atom is -0.0837 e. The summed E-state index contributed by atoms with van der Waals surface area (Å²) in [4.78, 5) is 0. The second kappa shape index (κ2) is 4.40. The van der Waals surface area contributed by atoms with Gasteiger partial charge < -0.3 is 0 Å². The minimum atomic E-state index is 0.570. The number of halogens is 1. The van der Waals surface area contributed by atoms with Crippen LogP contribution in [0.5, 0.6) is 0 Å². The molecule has 0 nitrogen and oxygen atoms in total. The van der Waals surface area contributed by atoms with E-state index in [1.165, 1.54) is 30.4 Å². The molecule has 0 atom stereocenters. The Morgan fingerprint density at radius 1 is 1.20 bits per heavy atom. The molecule has 0 unspecified atom stereocenters. The SMILES string of the molecule is CC(C)C(=C1CCC1)c1ccccc1Cl. The molecule has 0 bridgehead atoms. The molecule has 1 heteroatoms. The first kappa shape index (κ1) is 10.8. The molecular weight excluding hydrogens is 204 g/mol. The molecule has 15 heavy (non-hydrogen) atoms. The molecule has 80 valence electrons. The number of hydrogen-bond acceptors (Lipinski definition) is 0. The fraction of sp³-hybridized carbons (Fsp3) is 0.429. The van der Waals surface area contributed by atoms with E-state index in [0.29, 0.717) is 5.92 Å². The highest BCUT2D eigenvalue weighted by atomic mass is 35.5. The van der Waals surface area contributed by atoms with Crippen molar-refractivity contribution < 1.29 is 0 Å². The van der Waals surface area contributed by atoms with Gasteiger partial charge in [0.05, 0.1) is 0 Å². The molecule has 1 fully saturated rings.